The lowest BCUT2D eigenvalue weighted by Gasteiger charge is -2.37. The molecule has 1 atom stereocenters. The summed E-state index contributed by atoms with van der Waals surface area (Å²) < 4.78 is 0. The van der Waals surface area contributed by atoms with Crippen LogP contribution in [0, 0.1) is 0 Å². The molecule has 2 aliphatic rings. The van der Waals surface area contributed by atoms with Gasteiger partial charge in [0.15, 0.2) is 0 Å². The lowest BCUT2D eigenvalue weighted by atomic mass is 9.92. The average Bonchev–Trinajstić information content (AvgIpc) is 3.35. The minimum absolute atomic E-state index is 0.248. The zero-order valence-electron chi connectivity index (χ0n) is 17.8. The number of fused-ring (bicyclic) bond motifs is 4. The third kappa shape index (κ3) is 2.98. The van der Waals surface area contributed by atoms with Crippen molar-refractivity contribution in [1.29, 1.82) is 0 Å². The number of nitrogens with zero attached hydrogens (tertiary/aromatic N) is 2. The zero-order valence-corrected chi connectivity index (χ0v) is 17.8. The largest absolute Gasteiger partial charge is 0.356 e. The van der Waals surface area contributed by atoms with Gasteiger partial charge in [-0.15, -0.1) is 0 Å². The number of aromatic amines is 1. The molecule has 3 aromatic carbocycles. The van der Waals surface area contributed by atoms with E-state index in [2.05, 4.69) is 11.1 Å². The molecule has 0 saturated heterocycles. The van der Waals surface area contributed by atoms with E-state index < -0.39 is 11.8 Å². The van der Waals surface area contributed by atoms with Gasteiger partial charge in [-0.05, 0) is 35.7 Å². The van der Waals surface area contributed by atoms with Gasteiger partial charge in [-0.3, -0.25) is 19.3 Å². The maximum absolute atomic E-state index is 13.6. The van der Waals surface area contributed by atoms with Crippen molar-refractivity contribution in [2.24, 2.45) is 0 Å². The molecule has 1 N–H and O–H groups in total. The standard InChI is InChI=1S/C27H21N3O3/c31-23(16-30-26(32)20-11-4-5-12-21(20)27(30)33)29-15-14-19-18-10-6-7-13-22(18)28-24(19)25(29)17-8-2-1-3-9-17/h1-13,25,28H,14-16H2/t25-/m1/s1. The molecule has 1 aromatic heterocycles. The minimum Gasteiger partial charge on any atom is -0.356 e. The summed E-state index contributed by atoms with van der Waals surface area (Å²) in [7, 11) is 0. The van der Waals surface area contributed by atoms with E-state index in [1.54, 1.807) is 29.2 Å². The lowest BCUT2D eigenvalue weighted by molar-refractivity contribution is -0.133. The van der Waals surface area contributed by atoms with Crippen molar-refractivity contribution in [2.45, 2.75) is 12.5 Å². The predicted octanol–water partition coefficient (Wildman–Crippen LogP) is 3.94. The summed E-state index contributed by atoms with van der Waals surface area (Å²) in [6, 6.07) is 24.4. The van der Waals surface area contributed by atoms with Crippen molar-refractivity contribution in [3.8, 4) is 0 Å². The number of imide groups is 1. The van der Waals surface area contributed by atoms with E-state index in [4.69, 9.17) is 0 Å². The summed E-state index contributed by atoms with van der Waals surface area (Å²) in [5.74, 6) is -1.07. The van der Waals surface area contributed by atoms with E-state index in [9.17, 15) is 14.4 Å². The zero-order chi connectivity index (χ0) is 22.5. The Morgan fingerprint density at radius 1 is 0.848 bits per heavy atom. The Morgan fingerprint density at radius 3 is 2.21 bits per heavy atom. The molecule has 0 aliphatic carbocycles. The fourth-order valence-electron chi connectivity index (χ4n) is 5.10. The summed E-state index contributed by atoms with van der Waals surface area (Å²) in [6.07, 6.45) is 0.705. The number of nitrogens with one attached hydrogen (secondary N) is 1. The van der Waals surface area contributed by atoms with E-state index in [1.165, 1.54) is 10.9 Å². The molecule has 0 spiro atoms. The normalized spacial score (nSPS) is 17.4. The Hall–Kier alpha value is -4.19. The third-order valence-electron chi connectivity index (χ3n) is 6.64. The van der Waals surface area contributed by atoms with Crippen molar-refractivity contribution in [3.05, 3.63) is 107 Å². The molecule has 3 heterocycles. The highest BCUT2D eigenvalue weighted by Crippen LogP contribution is 2.38. The van der Waals surface area contributed by atoms with Crippen molar-refractivity contribution >= 4 is 28.6 Å². The van der Waals surface area contributed by atoms with Crippen molar-refractivity contribution in [3.63, 3.8) is 0 Å². The number of aromatic nitrogens is 1. The van der Waals surface area contributed by atoms with Crippen LogP contribution in [0.2, 0.25) is 0 Å². The number of carbonyl (C=O) groups is 3. The van der Waals surface area contributed by atoms with Crippen LogP contribution in [0.4, 0.5) is 0 Å². The van der Waals surface area contributed by atoms with Gasteiger partial charge in [0.25, 0.3) is 11.8 Å². The Bertz CT molecular complexity index is 1390. The van der Waals surface area contributed by atoms with Gasteiger partial charge in [-0.1, -0.05) is 60.7 Å². The van der Waals surface area contributed by atoms with E-state index in [1.807, 2.05) is 48.5 Å². The Balaban J connectivity index is 1.37. The molecule has 6 rings (SSSR count). The number of carbonyl (C=O) groups excluding carboxylic acids is 3. The van der Waals surface area contributed by atoms with Crippen LogP contribution >= 0.6 is 0 Å². The molecular formula is C27H21N3O3. The first kappa shape index (κ1) is 19.5. The number of amides is 3. The molecule has 0 saturated carbocycles. The molecule has 0 fully saturated rings. The number of hydrogen-bond acceptors (Lipinski definition) is 3. The van der Waals surface area contributed by atoms with Crippen molar-refractivity contribution in [1.82, 2.24) is 14.8 Å². The monoisotopic (exact) mass is 435 g/mol. The van der Waals surface area contributed by atoms with Crippen molar-refractivity contribution < 1.29 is 14.4 Å². The van der Waals surface area contributed by atoms with Crippen LogP contribution in [-0.4, -0.2) is 45.6 Å². The number of para-hydroxylation sites is 1. The lowest BCUT2D eigenvalue weighted by Crippen LogP contribution is -2.47. The highest BCUT2D eigenvalue weighted by molar-refractivity contribution is 6.22. The van der Waals surface area contributed by atoms with Gasteiger partial charge in [0.05, 0.1) is 17.2 Å². The maximum Gasteiger partial charge on any atom is 0.262 e. The van der Waals surface area contributed by atoms with Gasteiger partial charge in [0.1, 0.15) is 6.54 Å². The molecule has 0 radical (unpaired) electrons. The fourth-order valence-corrected chi connectivity index (χ4v) is 5.10. The van der Waals surface area contributed by atoms with Crippen LogP contribution in [0.5, 0.6) is 0 Å². The number of hydrogen-bond donors (Lipinski definition) is 1. The van der Waals surface area contributed by atoms with Crippen LogP contribution in [0.3, 0.4) is 0 Å². The van der Waals surface area contributed by atoms with Gasteiger partial charge in [-0.25, -0.2) is 0 Å². The van der Waals surface area contributed by atoms with E-state index in [0.29, 0.717) is 24.1 Å². The maximum atomic E-state index is 13.6. The smallest absolute Gasteiger partial charge is 0.262 e. The minimum atomic E-state index is -0.413. The highest BCUT2D eigenvalue weighted by atomic mass is 16.2. The average molecular weight is 435 g/mol. The second-order valence-electron chi connectivity index (χ2n) is 8.46. The predicted molar refractivity (Wildman–Crippen MR) is 124 cm³/mol. The fraction of sp³-hybridized carbons (Fsp3) is 0.148. The first-order chi connectivity index (χ1) is 16.1. The summed E-state index contributed by atoms with van der Waals surface area (Å²) in [5, 5.41) is 1.17. The first-order valence-corrected chi connectivity index (χ1v) is 11.0. The summed E-state index contributed by atoms with van der Waals surface area (Å²) >= 11 is 0. The molecule has 0 unspecified atom stereocenters. The van der Waals surface area contributed by atoms with Gasteiger partial charge in [0.2, 0.25) is 5.91 Å². The second kappa shape index (κ2) is 7.45. The molecule has 6 nitrogen and oxygen atoms in total. The third-order valence-corrected chi connectivity index (χ3v) is 6.64. The van der Waals surface area contributed by atoms with Gasteiger partial charge >= 0.3 is 0 Å². The van der Waals surface area contributed by atoms with E-state index in [-0.39, 0.29) is 18.5 Å². The summed E-state index contributed by atoms with van der Waals surface area (Å²) in [6.45, 7) is 0.238. The summed E-state index contributed by atoms with van der Waals surface area (Å²) in [4.78, 5) is 45.6. The molecule has 33 heavy (non-hydrogen) atoms. The van der Waals surface area contributed by atoms with Crippen LogP contribution in [-0.2, 0) is 11.2 Å². The van der Waals surface area contributed by atoms with Crippen LogP contribution < -0.4 is 0 Å². The quantitative estimate of drug-likeness (QED) is 0.496. The number of benzene rings is 3. The number of rotatable bonds is 3. The van der Waals surface area contributed by atoms with Crippen molar-refractivity contribution in [2.75, 3.05) is 13.1 Å². The van der Waals surface area contributed by atoms with Crippen LogP contribution in [0.1, 0.15) is 43.6 Å². The van der Waals surface area contributed by atoms with Gasteiger partial charge in [0, 0.05) is 23.1 Å². The second-order valence-corrected chi connectivity index (χ2v) is 8.46. The SMILES string of the molecule is O=C1c2ccccc2C(=O)N1CC(=O)N1CCc2c([nH]c3ccccc23)[C@H]1c1ccccc1. The first-order valence-electron chi connectivity index (χ1n) is 11.0. The highest BCUT2D eigenvalue weighted by Gasteiger charge is 2.40. The number of H-pyrrole nitrogens is 1. The van der Waals surface area contributed by atoms with Crippen LogP contribution in [0.15, 0.2) is 78.9 Å². The molecule has 162 valence electrons. The van der Waals surface area contributed by atoms with E-state index >= 15 is 0 Å². The topological polar surface area (TPSA) is 73.5 Å². The van der Waals surface area contributed by atoms with Gasteiger partial charge in [-0.2, -0.15) is 0 Å². The molecule has 4 aromatic rings. The molecule has 3 amide bonds. The molecule has 0 bridgehead atoms. The summed E-state index contributed by atoms with van der Waals surface area (Å²) in [5.41, 5.74) is 4.94. The van der Waals surface area contributed by atoms with Crippen LogP contribution in [0.25, 0.3) is 10.9 Å². The Morgan fingerprint density at radius 2 is 1.48 bits per heavy atom. The van der Waals surface area contributed by atoms with E-state index in [0.717, 1.165) is 21.7 Å². The molecule has 6 heteroatoms. The molecule has 2 aliphatic heterocycles. The Labute approximate surface area is 190 Å². The van der Waals surface area contributed by atoms with Gasteiger partial charge < -0.3 is 9.88 Å². The Kier molecular flexibility index (Phi) is 4.40. The molecular weight excluding hydrogens is 414 g/mol.